The van der Waals surface area contributed by atoms with Crippen LogP contribution in [-0.2, 0) is 4.79 Å². The van der Waals surface area contributed by atoms with Crippen LogP contribution in [0.1, 0.15) is 6.92 Å². The Morgan fingerprint density at radius 2 is 1.88 bits per heavy atom. The van der Waals surface area contributed by atoms with Crippen LogP contribution in [0.25, 0.3) is 10.9 Å². The van der Waals surface area contributed by atoms with Gasteiger partial charge in [0.1, 0.15) is 11.6 Å². The Balaban J connectivity index is 1.72. The number of nitrogens with zero attached hydrogens (tertiary/aromatic N) is 2. The summed E-state index contributed by atoms with van der Waals surface area (Å²) in [6.45, 7) is 2.73. The SMILES string of the molecule is CCNc1nc(SCC(=O)Nc2ccccc2F)nc2ccccc12. The predicted octanol–water partition coefficient (Wildman–Crippen LogP) is 3.93. The van der Waals surface area contributed by atoms with Crippen molar-refractivity contribution in [2.45, 2.75) is 12.1 Å². The number of thioether (sulfide) groups is 1. The Kier molecular flexibility index (Phi) is 5.45. The first-order chi connectivity index (χ1) is 12.2. The molecule has 3 rings (SSSR count). The van der Waals surface area contributed by atoms with Gasteiger partial charge in [0.05, 0.1) is 17.0 Å². The molecule has 0 bridgehead atoms. The lowest BCUT2D eigenvalue weighted by atomic mass is 10.2. The first kappa shape index (κ1) is 17.2. The summed E-state index contributed by atoms with van der Waals surface area (Å²) in [7, 11) is 0. The van der Waals surface area contributed by atoms with E-state index in [0.29, 0.717) is 5.16 Å². The molecule has 0 saturated carbocycles. The van der Waals surface area contributed by atoms with Crippen LogP contribution < -0.4 is 10.6 Å². The maximum absolute atomic E-state index is 13.6. The molecule has 7 heteroatoms. The molecular formula is C18H17FN4OS. The highest BCUT2D eigenvalue weighted by Crippen LogP contribution is 2.24. The second-order valence-electron chi connectivity index (χ2n) is 5.22. The molecule has 0 saturated heterocycles. The normalized spacial score (nSPS) is 10.6. The van der Waals surface area contributed by atoms with Gasteiger partial charge in [0, 0.05) is 11.9 Å². The van der Waals surface area contributed by atoms with Crippen molar-refractivity contribution in [1.82, 2.24) is 9.97 Å². The summed E-state index contributed by atoms with van der Waals surface area (Å²) in [5, 5.41) is 7.20. The van der Waals surface area contributed by atoms with Crippen molar-refractivity contribution >= 4 is 40.1 Å². The molecule has 1 heterocycles. The minimum absolute atomic E-state index is 0.0955. The standard InChI is InChI=1S/C18H17FN4OS/c1-2-20-17-12-7-3-5-9-14(12)22-18(23-17)25-11-16(24)21-15-10-6-4-8-13(15)19/h3-10H,2,11H2,1H3,(H,21,24)(H,20,22,23). The van der Waals surface area contributed by atoms with E-state index in [4.69, 9.17) is 0 Å². The highest BCUT2D eigenvalue weighted by molar-refractivity contribution is 7.99. The Labute approximate surface area is 149 Å². The number of rotatable bonds is 6. The molecule has 0 spiro atoms. The molecule has 128 valence electrons. The third-order valence-corrected chi connectivity index (χ3v) is 4.25. The second-order valence-corrected chi connectivity index (χ2v) is 6.16. The summed E-state index contributed by atoms with van der Waals surface area (Å²) >= 11 is 1.21. The Morgan fingerprint density at radius 1 is 1.12 bits per heavy atom. The molecule has 0 aliphatic heterocycles. The average Bonchev–Trinajstić information content (AvgIpc) is 2.62. The zero-order valence-electron chi connectivity index (χ0n) is 13.6. The molecule has 1 amide bonds. The number of para-hydroxylation sites is 2. The first-order valence-corrected chi connectivity index (χ1v) is 8.83. The lowest BCUT2D eigenvalue weighted by molar-refractivity contribution is -0.113. The van der Waals surface area contributed by atoms with Crippen LogP contribution in [0.3, 0.4) is 0 Å². The van der Waals surface area contributed by atoms with E-state index >= 15 is 0 Å². The summed E-state index contributed by atoms with van der Waals surface area (Å²) in [6, 6.07) is 13.8. The van der Waals surface area contributed by atoms with Crippen LogP contribution in [-0.4, -0.2) is 28.2 Å². The van der Waals surface area contributed by atoms with Crippen molar-refractivity contribution in [2.24, 2.45) is 0 Å². The summed E-state index contributed by atoms with van der Waals surface area (Å²) in [5.41, 5.74) is 0.978. The van der Waals surface area contributed by atoms with Gasteiger partial charge in [0.15, 0.2) is 5.16 Å². The minimum Gasteiger partial charge on any atom is -0.370 e. The Morgan fingerprint density at radius 3 is 2.68 bits per heavy atom. The van der Waals surface area contributed by atoms with Crippen LogP contribution in [0, 0.1) is 5.82 Å². The first-order valence-electron chi connectivity index (χ1n) is 7.85. The van der Waals surface area contributed by atoms with E-state index < -0.39 is 5.82 Å². The van der Waals surface area contributed by atoms with Crippen molar-refractivity contribution in [3.63, 3.8) is 0 Å². The molecular weight excluding hydrogens is 339 g/mol. The molecule has 3 aromatic rings. The Bertz CT molecular complexity index is 903. The van der Waals surface area contributed by atoms with Gasteiger partial charge >= 0.3 is 0 Å². The van der Waals surface area contributed by atoms with E-state index in [1.165, 1.54) is 23.9 Å². The van der Waals surface area contributed by atoms with Crippen molar-refractivity contribution < 1.29 is 9.18 Å². The average molecular weight is 356 g/mol. The van der Waals surface area contributed by atoms with Gasteiger partial charge in [0.2, 0.25) is 5.91 Å². The van der Waals surface area contributed by atoms with Gasteiger partial charge in [0.25, 0.3) is 0 Å². The summed E-state index contributed by atoms with van der Waals surface area (Å²) in [4.78, 5) is 21.0. The maximum Gasteiger partial charge on any atom is 0.234 e. The van der Waals surface area contributed by atoms with Crippen LogP contribution >= 0.6 is 11.8 Å². The number of hydrogen-bond donors (Lipinski definition) is 2. The Hall–Kier alpha value is -2.67. The number of fused-ring (bicyclic) bond motifs is 1. The topological polar surface area (TPSA) is 66.9 Å². The van der Waals surface area contributed by atoms with Gasteiger partial charge in [-0.15, -0.1) is 0 Å². The number of carbonyl (C=O) groups excluding carboxylic acids is 1. The largest absolute Gasteiger partial charge is 0.370 e. The van der Waals surface area contributed by atoms with E-state index in [1.807, 2.05) is 31.2 Å². The van der Waals surface area contributed by atoms with Crippen LogP contribution in [0.2, 0.25) is 0 Å². The van der Waals surface area contributed by atoms with Crippen molar-refractivity contribution in [3.8, 4) is 0 Å². The number of hydrogen-bond acceptors (Lipinski definition) is 5. The van der Waals surface area contributed by atoms with Crippen molar-refractivity contribution in [1.29, 1.82) is 0 Å². The molecule has 0 radical (unpaired) electrons. The maximum atomic E-state index is 13.6. The number of aromatic nitrogens is 2. The van der Waals surface area contributed by atoms with Gasteiger partial charge in [-0.25, -0.2) is 14.4 Å². The molecule has 2 N–H and O–H groups in total. The van der Waals surface area contributed by atoms with E-state index in [1.54, 1.807) is 12.1 Å². The summed E-state index contributed by atoms with van der Waals surface area (Å²) in [5.74, 6) is 0.0670. The van der Waals surface area contributed by atoms with Gasteiger partial charge < -0.3 is 10.6 Å². The molecule has 25 heavy (non-hydrogen) atoms. The van der Waals surface area contributed by atoms with Gasteiger partial charge in [-0.3, -0.25) is 4.79 Å². The molecule has 5 nitrogen and oxygen atoms in total. The molecule has 0 aliphatic carbocycles. The third-order valence-electron chi connectivity index (χ3n) is 3.41. The molecule has 2 aromatic carbocycles. The third kappa shape index (κ3) is 4.24. The van der Waals surface area contributed by atoms with Gasteiger partial charge in [-0.1, -0.05) is 36.0 Å². The van der Waals surface area contributed by atoms with E-state index in [-0.39, 0.29) is 17.3 Å². The second kappa shape index (κ2) is 7.94. The lowest BCUT2D eigenvalue weighted by Crippen LogP contribution is -2.15. The van der Waals surface area contributed by atoms with Crippen molar-refractivity contribution in [3.05, 3.63) is 54.3 Å². The van der Waals surface area contributed by atoms with E-state index in [9.17, 15) is 9.18 Å². The fraction of sp³-hybridized carbons (Fsp3) is 0.167. The fourth-order valence-corrected chi connectivity index (χ4v) is 2.95. The zero-order valence-corrected chi connectivity index (χ0v) is 14.4. The molecule has 0 fully saturated rings. The number of halogens is 1. The van der Waals surface area contributed by atoms with E-state index in [2.05, 4.69) is 20.6 Å². The summed E-state index contributed by atoms with van der Waals surface area (Å²) in [6.07, 6.45) is 0. The van der Waals surface area contributed by atoms with Crippen molar-refractivity contribution in [2.75, 3.05) is 22.9 Å². The number of nitrogens with one attached hydrogen (secondary N) is 2. The highest BCUT2D eigenvalue weighted by atomic mass is 32.2. The van der Waals surface area contributed by atoms with Gasteiger partial charge in [-0.2, -0.15) is 0 Å². The number of amides is 1. The summed E-state index contributed by atoms with van der Waals surface area (Å²) < 4.78 is 13.6. The van der Waals surface area contributed by atoms with Gasteiger partial charge in [-0.05, 0) is 31.2 Å². The molecule has 1 aromatic heterocycles. The van der Waals surface area contributed by atoms with Crippen LogP contribution in [0.4, 0.5) is 15.9 Å². The molecule has 0 unspecified atom stereocenters. The number of carbonyl (C=O) groups is 1. The predicted molar refractivity (Wildman–Crippen MR) is 99.5 cm³/mol. The molecule has 0 atom stereocenters. The van der Waals surface area contributed by atoms with Crippen LogP contribution in [0.15, 0.2) is 53.7 Å². The monoisotopic (exact) mass is 356 g/mol. The highest BCUT2D eigenvalue weighted by Gasteiger charge is 2.11. The van der Waals surface area contributed by atoms with E-state index in [0.717, 1.165) is 23.3 Å². The minimum atomic E-state index is -0.461. The lowest BCUT2D eigenvalue weighted by Gasteiger charge is -2.09. The molecule has 0 aliphatic rings. The fourth-order valence-electron chi connectivity index (χ4n) is 2.30. The number of benzene rings is 2. The zero-order chi connectivity index (χ0) is 17.6. The van der Waals surface area contributed by atoms with Crippen LogP contribution in [0.5, 0.6) is 0 Å². The number of anilines is 2. The smallest absolute Gasteiger partial charge is 0.234 e. The quantitative estimate of drug-likeness (QED) is 0.517.